The number of hydrogen-bond donors (Lipinski definition) is 2. The Balaban J connectivity index is 0. The van der Waals surface area contributed by atoms with Crippen LogP contribution in [0, 0.1) is 0 Å². The molecule has 0 aromatic rings. The van der Waals surface area contributed by atoms with E-state index in [-0.39, 0.29) is 6.61 Å². The molecule has 0 unspecified atom stereocenters. The van der Waals surface area contributed by atoms with Crippen molar-refractivity contribution in [2.75, 3.05) is 6.61 Å². The Hall–Kier alpha value is 0.620. The molecule has 0 rings (SSSR count). The molecule has 12 heavy (non-hydrogen) atoms. The first-order valence-electron chi connectivity index (χ1n) is 3.62. The average molecular weight is 206 g/mol. The van der Waals surface area contributed by atoms with Gasteiger partial charge >= 0.3 is 51.8 Å². The fourth-order valence-electron chi connectivity index (χ4n) is 0.208. The van der Waals surface area contributed by atoms with E-state index in [0.29, 0.717) is 0 Å². The molecule has 0 aliphatic heterocycles. The third-order valence-electron chi connectivity index (χ3n) is 0.506. The molecule has 0 bridgehead atoms. The van der Waals surface area contributed by atoms with Crippen LogP contribution in [-0.2, 0) is 9.30 Å². The van der Waals surface area contributed by atoms with Crippen LogP contribution in [0.3, 0.4) is 0 Å². The monoisotopic (exact) mass is 206 g/mol. The molecule has 0 saturated carbocycles. The normalized spacial score (nSPS) is 9.83. The predicted molar refractivity (Wildman–Crippen MR) is 45.3 cm³/mol. The van der Waals surface area contributed by atoms with Crippen molar-refractivity contribution in [3.8, 4) is 0 Å². The van der Waals surface area contributed by atoms with E-state index >= 15 is 0 Å². The van der Waals surface area contributed by atoms with Gasteiger partial charge in [-0.3, -0.25) is 0 Å². The van der Waals surface area contributed by atoms with Crippen molar-refractivity contribution < 1.29 is 23.9 Å². The van der Waals surface area contributed by atoms with Crippen molar-refractivity contribution in [3.05, 3.63) is 0 Å². The van der Waals surface area contributed by atoms with E-state index < -0.39 is 13.3 Å². The van der Waals surface area contributed by atoms with E-state index in [1.807, 2.05) is 0 Å². The Morgan fingerprint density at radius 3 is 1.92 bits per heavy atom. The Morgan fingerprint density at radius 2 is 1.83 bits per heavy atom. The minimum absolute atomic E-state index is 0.0239. The summed E-state index contributed by atoms with van der Waals surface area (Å²) in [6, 6.07) is 0. The molecule has 5 nitrogen and oxygen atoms in total. The molecule has 0 aliphatic carbocycles. The molecular weight excluding hydrogens is 194 g/mol. The molecule has 0 fully saturated rings. The first-order chi connectivity index (χ1) is 5.40. The summed E-state index contributed by atoms with van der Waals surface area (Å²) in [7, 11) is -4.63. The molecule has 0 radical (unpaired) electrons. The van der Waals surface area contributed by atoms with E-state index in [1.54, 1.807) is 0 Å². The minimum atomic E-state index is -4.63. The number of carbonyl (C=O) groups is 1. The van der Waals surface area contributed by atoms with Crippen LogP contribution in [0.4, 0.5) is 4.79 Å². The molecule has 0 heterocycles. The Labute approximate surface area is 89.1 Å². The zero-order chi connectivity index (χ0) is 10.2. The van der Waals surface area contributed by atoms with Crippen molar-refractivity contribution in [1.82, 2.24) is 0 Å². The Morgan fingerprint density at radius 1 is 1.50 bits per heavy atom. The van der Waals surface area contributed by atoms with Gasteiger partial charge in [0.25, 0.3) is 0 Å². The molecule has 0 aromatic carbocycles. The standard InChI is InChI=1S/C3H7O5P.C2H5.Na/c1-2-8-3(4)9(5,6)7;1-2;/h2H2,1H3,(H2,5,6,7);1H2,2H3;. The topological polar surface area (TPSA) is 83.8 Å². The van der Waals surface area contributed by atoms with Crippen molar-refractivity contribution in [2.24, 2.45) is 0 Å². The third-order valence-corrected chi connectivity index (χ3v) is 1.11. The van der Waals surface area contributed by atoms with Gasteiger partial charge in [-0.15, -0.1) is 0 Å². The maximum atomic E-state index is 10.1. The molecule has 0 atom stereocenters. The first kappa shape index (κ1) is 15.1. The molecule has 68 valence electrons. The number of hydrogen-bond acceptors (Lipinski definition) is 3. The second-order valence-corrected chi connectivity index (χ2v) is 4.82. The summed E-state index contributed by atoms with van der Waals surface area (Å²) in [5.74, 6) is 0. The van der Waals surface area contributed by atoms with Crippen LogP contribution in [0.15, 0.2) is 0 Å². The van der Waals surface area contributed by atoms with E-state index in [0.717, 1.165) is 0 Å². The predicted octanol–water partition coefficient (Wildman–Crippen LogP) is 0.914. The van der Waals surface area contributed by atoms with E-state index in [1.165, 1.54) is 38.5 Å². The second kappa shape index (κ2) is 8.23. The molecular formula is C5H12NaO5P. The second-order valence-electron chi connectivity index (χ2n) is 1.95. The van der Waals surface area contributed by atoms with Gasteiger partial charge in [0.1, 0.15) is 0 Å². The van der Waals surface area contributed by atoms with Crippen LogP contribution in [-0.4, -0.2) is 50.0 Å². The average Bonchev–Trinajstić information content (AvgIpc) is 1.88. The van der Waals surface area contributed by atoms with Gasteiger partial charge in [0.2, 0.25) is 0 Å². The summed E-state index contributed by atoms with van der Waals surface area (Å²) in [4.78, 5) is 26.2. The fraction of sp³-hybridized carbons (Fsp3) is 0.800. The SMILES string of the molecule is CCOC(=O)P(=O)(O)O.C[CH2][Na]. The quantitative estimate of drug-likeness (QED) is 0.518. The zero-order valence-corrected chi connectivity index (χ0v) is 10.4. The number of carbonyl (C=O) groups excluding carboxylic acids is 1. The molecule has 0 amide bonds. The van der Waals surface area contributed by atoms with E-state index in [2.05, 4.69) is 11.7 Å². The molecule has 0 spiro atoms. The summed E-state index contributed by atoms with van der Waals surface area (Å²) in [5, 5.41) is 0. The molecule has 0 saturated heterocycles. The van der Waals surface area contributed by atoms with Crippen LogP contribution < -0.4 is 0 Å². The number of ether oxygens (including phenoxy) is 1. The van der Waals surface area contributed by atoms with Crippen LogP contribution in [0.2, 0.25) is 3.67 Å². The van der Waals surface area contributed by atoms with Gasteiger partial charge in [-0.2, -0.15) is 0 Å². The van der Waals surface area contributed by atoms with E-state index in [4.69, 9.17) is 9.79 Å². The Bertz CT molecular complexity index is 165. The van der Waals surface area contributed by atoms with Gasteiger partial charge < -0.3 is 14.5 Å². The Kier molecular flexibility index (Phi) is 10.4. The van der Waals surface area contributed by atoms with Crippen LogP contribution in [0.25, 0.3) is 0 Å². The van der Waals surface area contributed by atoms with E-state index in [9.17, 15) is 9.36 Å². The van der Waals surface area contributed by atoms with Crippen molar-refractivity contribution in [2.45, 2.75) is 17.5 Å². The van der Waals surface area contributed by atoms with Gasteiger partial charge in [-0.1, -0.05) is 0 Å². The van der Waals surface area contributed by atoms with Gasteiger partial charge in [0, 0.05) is 0 Å². The fourth-order valence-corrected chi connectivity index (χ4v) is 0.505. The molecule has 0 aliphatic rings. The molecule has 7 heteroatoms. The van der Waals surface area contributed by atoms with Gasteiger partial charge in [0.05, 0.1) is 6.61 Å². The number of rotatable bonds is 2. The summed E-state index contributed by atoms with van der Waals surface area (Å²) < 4.78 is 15.3. The summed E-state index contributed by atoms with van der Waals surface area (Å²) in [6.45, 7) is 3.63. The van der Waals surface area contributed by atoms with Crippen molar-refractivity contribution in [1.29, 1.82) is 0 Å². The molecule has 2 N–H and O–H groups in total. The van der Waals surface area contributed by atoms with Gasteiger partial charge in [-0.05, 0) is 6.92 Å². The maximum absolute atomic E-state index is 10.1. The summed E-state index contributed by atoms with van der Waals surface area (Å²) >= 11 is 1.37. The molecule has 0 aromatic heterocycles. The van der Waals surface area contributed by atoms with Gasteiger partial charge in [-0.25, -0.2) is 9.36 Å². The van der Waals surface area contributed by atoms with Crippen LogP contribution in [0.5, 0.6) is 0 Å². The van der Waals surface area contributed by atoms with Crippen LogP contribution >= 0.6 is 7.60 Å². The first-order valence-corrected chi connectivity index (χ1v) is 6.65. The zero-order valence-electron chi connectivity index (χ0n) is 7.48. The summed E-state index contributed by atoms with van der Waals surface area (Å²) in [5.41, 5.74) is -1.47. The van der Waals surface area contributed by atoms with Crippen LogP contribution in [0.1, 0.15) is 13.8 Å². The van der Waals surface area contributed by atoms with Crippen molar-refractivity contribution in [3.63, 3.8) is 0 Å². The van der Waals surface area contributed by atoms with Crippen molar-refractivity contribution >= 4 is 41.2 Å². The summed E-state index contributed by atoms with van der Waals surface area (Å²) in [6.07, 6.45) is 0. The third kappa shape index (κ3) is 10.6. The van der Waals surface area contributed by atoms with Gasteiger partial charge in [0.15, 0.2) is 0 Å².